The van der Waals surface area contributed by atoms with E-state index in [1.54, 1.807) is 11.1 Å². The van der Waals surface area contributed by atoms with E-state index in [-0.39, 0.29) is 5.41 Å². The van der Waals surface area contributed by atoms with Gasteiger partial charge < -0.3 is 4.90 Å². The number of anilines is 3. The van der Waals surface area contributed by atoms with Crippen molar-refractivity contribution in [3.8, 4) is 22.3 Å². The van der Waals surface area contributed by atoms with Crippen molar-refractivity contribution in [2.24, 2.45) is 23.7 Å². The van der Waals surface area contributed by atoms with Gasteiger partial charge in [0.2, 0.25) is 0 Å². The van der Waals surface area contributed by atoms with Crippen LogP contribution in [0.4, 0.5) is 17.1 Å². The van der Waals surface area contributed by atoms with Crippen LogP contribution in [0.1, 0.15) is 43.2 Å². The number of benzene rings is 5. The van der Waals surface area contributed by atoms with Crippen LogP contribution in [0.3, 0.4) is 0 Å². The zero-order chi connectivity index (χ0) is 27.0. The summed E-state index contributed by atoms with van der Waals surface area (Å²) in [5, 5.41) is 0. The van der Waals surface area contributed by atoms with E-state index in [4.69, 9.17) is 0 Å². The van der Waals surface area contributed by atoms with Gasteiger partial charge in [-0.25, -0.2) is 0 Å². The van der Waals surface area contributed by atoms with E-state index in [1.807, 2.05) is 0 Å². The molecule has 0 radical (unpaired) electrons. The third-order valence-electron chi connectivity index (χ3n) is 11.0. The number of nitrogens with zero attached hydrogens (tertiary/aromatic N) is 1. The lowest BCUT2D eigenvalue weighted by Crippen LogP contribution is -2.55. The molecular formula is C40H35N. The van der Waals surface area contributed by atoms with E-state index in [9.17, 15) is 0 Å². The molecule has 200 valence electrons. The summed E-state index contributed by atoms with van der Waals surface area (Å²) < 4.78 is 0. The molecule has 0 saturated heterocycles. The highest BCUT2D eigenvalue weighted by Gasteiger charge is 2.61. The first kappa shape index (κ1) is 23.6. The van der Waals surface area contributed by atoms with Gasteiger partial charge in [0.1, 0.15) is 0 Å². The fraction of sp³-hybridized carbons (Fsp3) is 0.250. The monoisotopic (exact) mass is 529 g/mol. The normalized spacial score (nSPS) is 26.6. The Kier molecular flexibility index (Phi) is 5.15. The Morgan fingerprint density at radius 3 is 1.68 bits per heavy atom. The molecule has 0 N–H and O–H groups in total. The van der Waals surface area contributed by atoms with Gasteiger partial charge in [0, 0.05) is 22.5 Å². The van der Waals surface area contributed by atoms with Gasteiger partial charge in [0.05, 0.1) is 0 Å². The number of fused-ring (bicyclic) bond motifs is 3. The maximum absolute atomic E-state index is 2.59. The van der Waals surface area contributed by atoms with Gasteiger partial charge in [-0.3, -0.25) is 0 Å². The zero-order valence-electron chi connectivity index (χ0n) is 23.4. The lowest BCUT2D eigenvalue weighted by Gasteiger charge is -2.61. The van der Waals surface area contributed by atoms with Crippen molar-refractivity contribution in [2.75, 3.05) is 4.90 Å². The SMILES string of the molecule is c1ccc(-c2ccc(N(c3ccccc3)c3ccc4c(c3)C3(c5ccccc5-4)C4CC5CC(C4)CC3C5)cc2)cc1. The molecule has 0 unspecified atom stereocenters. The van der Waals surface area contributed by atoms with Crippen molar-refractivity contribution in [1.29, 1.82) is 0 Å². The van der Waals surface area contributed by atoms with E-state index in [2.05, 4.69) is 132 Å². The number of hydrogen-bond donors (Lipinski definition) is 0. The molecule has 5 aliphatic rings. The first-order valence-electron chi connectivity index (χ1n) is 15.5. The molecule has 4 saturated carbocycles. The van der Waals surface area contributed by atoms with E-state index in [0.29, 0.717) is 0 Å². The fourth-order valence-corrected chi connectivity index (χ4v) is 9.74. The summed E-state index contributed by atoms with van der Waals surface area (Å²) in [6.45, 7) is 0. The Hall–Kier alpha value is -4.10. The molecule has 1 nitrogen and oxygen atoms in total. The largest absolute Gasteiger partial charge is 0.310 e. The summed E-state index contributed by atoms with van der Waals surface area (Å²) in [5.74, 6) is 3.44. The molecule has 5 aromatic rings. The van der Waals surface area contributed by atoms with Crippen molar-refractivity contribution < 1.29 is 0 Å². The summed E-state index contributed by atoms with van der Waals surface area (Å²) in [4.78, 5) is 2.46. The Labute approximate surface area is 243 Å². The van der Waals surface area contributed by atoms with Crippen molar-refractivity contribution in [3.05, 3.63) is 139 Å². The second-order valence-electron chi connectivity index (χ2n) is 13.0. The van der Waals surface area contributed by atoms with E-state index < -0.39 is 0 Å². The van der Waals surface area contributed by atoms with Crippen LogP contribution in [0.2, 0.25) is 0 Å². The minimum atomic E-state index is 0.175. The standard InChI is InChI=1S/C40H35N/c1-3-9-29(10-4-1)30-15-17-34(18-16-30)41(33-11-5-2-6-12-33)35-19-20-37-36-13-7-8-14-38(36)40(39(37)26-35)31-22-27-21-28(24-31)25-32(40)23-27/h1-20,26-28,31-32H,21-25H2. The fourth-order valence-electron chi connectivity index (χ4n) is 9.74. The number of hydrogen-bond acceptors (Lipinski definition) is 1. The molecule has 0 heterocycles. The van der Waals surface area contributed by atoms with Crippen molar-refractivity contribution in [3.63, 3.8) is 0 Å². The van der Waals surface area contributed by atoms with Crippen LogP contribution in [-0.4, -0.2) is 0 Å². The highest BCUT2D eigenvalue weighted by Crippen LogP contribution is 2.69. The molecule has 1 heteroatoms. The average Bonchev–Trinajstić information content (AvgIpc) is 3.31. The Morgan fingerprint density at radius 2 is 0.976 bits per heavy atom. The highest BCUT2D eigenvalue weighted by molar-refractivity contribution is 5.86. The minimum absolute atomic E-state index is 0.175. The number of rotatable bonds is 4. The summed E-state index contributed by atoms with van der Waals surface area (Å²) >= 11 is 0. The lowest BCUT2D eigenvalue weighted by atomic mass is 9.43. The molecule has 0 atom stereocenters. The highest BCUT2D eigenvalue weighted by atomic mass is 15.1. The Bertz CT molecular complexity index is 1710. The summed E-state index contributed by atoms with van der Waals surface area (Å²) in [5.41, 5.74) is 12.5. The smallest absolute Gasteiger partial charge is 0.0465 e. The Morgan fingerprint density at radius 1 is 0.439 bits per heavy atom. The molecule has 4 fully saturated rings. The molecule has 0 amide bonds. The van der Waals surface area contributed by atoms with Crippen LogP contribution in [0.15, 0.2) is 127 Å². The topological polar surface area (TPSA) is 3.24 Å². The van der Waals surface area contributed by atoms with Crippen LogP contribution in [0, 0.1) is 23.7 Å². The molecule has 4 bridgehead atoms. The van der Waals surface area contributed by atoms with Crippen LogP contribution in [0.5, 0.6) is 0 Å². The first-order chi connectivity index (χ1) is 20.3. The van der Waals surface area contributed by atoms with Crippen molar-refractivity contribution >= 4 is 17.1 Å². The quantitative estimate of drug-likeness (QED) is 0.224. The van der Waals surface area contributed by atoms with Gasteiger partial charge >= 0.3 is 0 Å². The second kappa shape index (κ2) is 8.95. The summed E-state index contributed by atoms with van der Waals surface area (Å²) in [6, 6.07) is 47.5. The van der Waals surface area contributed by atoms with Crippen LogP contribution in [0.25, 0.3) is 22.3 Å². The van der Waals surface area contributed by atoms with Crippen molar-refractivity contribution in [2.45, 2.75) is 37.5 Å². The number of para-hydroxylation sites is 1. The zero-order valence-corrected chi connectivity index (χ0v) is 23.4. The van der Waals surface area contributed by atoms with Crippen LogP contribution < -0.4 is 4.90 Å². The van der Waals surface area contributed by atoms with Crippen LogP contribution in [-0.2, 0) is 5.41 Å². The maximum atomic E-state index is 2.59. The molecule has 10 rings (SSSR count). The van der Waals surface area contributed by atoms with E-state index in [0.717, 1.165) is 23.7 Å². The molecule has 5 aliphatic carbocycles. The van der Waals surface area contributed by atoms with Gasteiger partial charge in [-0.1, -0.05) is 91.0 Å². The predicted molar refractivity (Wildman–Crippen MR) is 170 cm³/mol. The molecule has 0 aromatic heterocycles. The van der Waals surface area contributed by atoms with E-state index >= 15 is 0 Å². The van der Waals surface area contributed by atoms with Crippen LogP contribution >= 0.6 is 0 Å². The molecule has 41 heavy (non-hydrogen) atoms. The minimum Gasteiger partial charge on any atom is -0.310 e. The molecular weight excluding hydrogens is 494 g/mol. The molecule has 5 aromatic carbocycles. The predicted octanol–water partition coefficient (Wildman–Crippen LogP) is 10.5. The second-order valence-corrected chi connectivity index (χ2v) is 13.0. The van der Waals surface area contributed by atoms with Gasteiger partial charge in [0.15, 0.2) is 0 Å². The first-order valence-corrected chi connectivity index (χ1v) is 15.5. The van der Waals surface area contributed by atoms with Gasteiger partial charge in [-0.15, -0.1) is 0 Å². The van der Waals surface area contributed by atoms with Crippen molar-refractivity contribution in [1.82, 2.24) is 0 Å². The molecule has 1 spiro atoms. The average molecular weight is 530 g/mol. The van der Waals surface area contributed by atoms with Gasteiger partial charge in [-0.05, 0) is 126 Å². The maximum Gasteiger partial charge on any atom is 0.0465 e. The summed E-state index contributed by atoms with van der Waals surface area (Å²) in [6.07, 6.45) is 7.13. The van der Waals surface area contributed by atoms with E-state index in [1.165, 1.54) is 71.4 Å². The van der Waals surface area contributed by atoms with Gasteiger partial charge in [-0.2, -0.15) is 0 Å². The van der Waals surface area contributed by atoms with Gasteiger partial charge in [0.25, 0.3) is 0 Å². The lowest BCUT2D eigenvalue weighted by molar-refractivity contribution is -0.0399. The Balaban J connectivity index is 1.21. The molecule has 0 aliphatic heterocycles. The third-order valence-corrected chi connectivity index (χ3v) is 11.0. The summed E-state index contributed by atoms with van der Waals surface area (Å²) in [7, 11) is 0. The third kappa shape index (κ3) is 3.42.